The summed E-state index contributed by atoms with van der Waals surface area (Å²) in [4.78, 5) is 44.0. The number of fused-ring (bicyclic) bond motifs is 1. The van der Waals surface area contributed by atoms with Gasteiger partial charge in [0.05, 0.1) is 35.1 Å². The van der Waals surface area contributed by atoms with Crippen LogP contribution in [0.3, 0.4) is 0 Å². The van der Waals surface area contributed by atoms with Crippen molar-refractivity contribution in [3.8, 4) is 11.5 Å². The van der Waals surface area contributed by atoms with Crippen molar-refractivity contribution >= 4 is 52.6 Å². The fourth-order valence-electron chi connectivity index (χ4n) is 4.18. The van der Waals surface area contributed by atoms with Crippen LogP contribution in [0.2, 0.25) is 10.0 Å². The average molecular weight is 604 g/mol. The Morgan fingerprint density at radius 3 is 2.55 bits per heavy atom. The summed E-state index contributed by atoms with van der Waals surface area (Å²) in [7, 11) is 0. The van der Waals surface area contributed by atoms with Gasteiger partial charge in [0.15, 0.2) is 16.3 Å². The van der Waals surface area contributed by atoms with E-state index in [1.807, 2.05) is 13.8 Å². The fourth-order valence-corrected chi connectivity index (χ4v) is 5.68. The Balaban J connectivity index is 1.94. The third-order valence-electron chi connectivity index (χ3n) is 5.88. The molecule has 0 aliphatic carbocycles. The molecule has 0 saturated carbocycles. The quantitative estimate of drug-likeness (QED) is 0.264. The first kappa shape index (κ1) is 29.6. The Bertz CT molecular complexity index is 1690. The van der Waals surface area contributed by atoms with Gasteiger partial charge >= 0.3 is 11.9 Å². The van der Waals surface area contributed by atoms with Crippen molar-refractivity contribution < 1.29 is 23.8 Å². The van der Waals surface area contributed by atoms with Gasteiger partial charge in [-0.1, -0.05) is 60.5 Å². The smallest absolute Gasteiger partial charge is 0.338 e. The zero-order chi connectivity index (χ0) is 29.1. The SMILES string of the molecule is CCOc1cc([C@H]2C(C(=O)OCC(C)C)=C(C)N=c3s/c(=C\c4ccc(Cl)cc4Cl)c(=O)n32)ccc1OC(C)=O. The van der Waals surface area contributed by atoms with Gasteiger partial charge in [-0.05, 0) is 61.2 Å². The predicted molar refractivity (Wildman–Crippen MR) is 155 cm³/mol. The number of thiazole rings is 1. The highest BCUT2D eigenvalue weighted by molar-refractivity contribution is 7.07. The Hall–Kier alpha value is -3.40. The third-order valence-corrected chi connectivity index (χ3v) is 7.42. The van der Waals surface area contributed by atoms with Gasteiger partial charge < -0.3 is 14.2 Å². The first-order chi connectivity index (χ1) is 19.0. The van der Waals surface area contributed by atoms with Crippen molar-refractivity contribution in [2.75, 3.05) is 13.2 Å². The molecule has 8 nitrogen and oxygen atoms in total. The fraction of sp³-hybridized carbons (Fsp3) is 0.310. The molecule has 1 aromatic heterocycles. The highest BCUT2D eigenvalue weighted by atomic mass is 35.5. The zero-order valence-corrected chi connectivity index (χ0v) is 24.9. The second-order valence-electron chi connectivity index (χ2n) is 9.47. The van der Waals surface area contributed by atoms with Crippen LogP contribution in [-0.4, -0.2) is 29.7 Å². The summed E-state index contributed by atoms with van der Waals surface area (Å²) in [6.07, 6.45) is 1.67. The van der Waals surface area contributed by atoms with Crippen LogP contribution >= 0.6 is 34.5 Å². The van der Waals surface area contributed by atoms with E-state index in [2.05, 4.69) is 4.99 Å². The molecule has 0 bridgehead atoms. The van der Waals surface area contributed by atoms with Crippen molar-refractivity contribution in [2.24, 2.45) is 10.9 Å². The van der Waals surface area contributed by atoms with E-state index in [1.165, 1.54) is 22.8 Å². The first-order valence-electron chi connectivity index (χ1n) is 12.6. The number of rotatable bonds is 8. The molecule has 1 aliphatic rings. The van der Waals surface area contributed by atoms with Gasteiger partial charge in [0.1, 0.15) is 0 Å². The third kappa shape index (κ3) is 6.32. The van der Waals surface area contributed by atoms with E-state index in [-0.39, 0.29) is 29.4 Å². The number of allylic oxidation sites excluding steroid dienone is 1. The van der Waals surface area contributed by atoms with Crippen LogP contribution in [0.25, 0.3) is 6.08 Å². The number of carbonyl (C=O) groups is 2. The molecule has 1 atom stereocenters. The number of aromatic nitrogens is 1. The van der Waals surface area contributed by atoms with Gasteiger partial charge in [-0.2, -0.15) is 0 Å². The second kappa shape index (κ2) is 12.4. The minimum Gasteiger partial charge on any atom is -0.490 e. The van der Waals surface area contributed by atoms with Crippen molar-refractivity contribution in [3.63, 3.8) is 0 Å². The highest BCUT2D eigenvalue weighted by Crippen LogP contribution is 2.36. The van der Waals surface area contributed by atoms with Crippen LogP contribution in [0.4, 0.5) is 0 Å². The van der Waals surface area contributed by atoms with Crippen molar-refractivity contribution in [3.05, 3.63) is 88.5 Å². The van der Waals surface area contributed by atoms with Crippen LogP contribution in [-0.2, 0) is 14.3 Å². The lowest BCUT2D eigenvalue weighted by Crippen LogP contribution is -2.40. The van der Waals surface area contributed by atoms with E-state index in [9.17, 15) is 14.4 Å². The van der Waals surface area contributed by atoms with E-state index in [0.29, 0.717) is 48.6 Å². The summed E-state index contributed by atoms with van der Waals surface area (Å²) in [5.41, 5.74) is 1.47. The maximum absolute atomic E-state index is 13.9. The lowest BCUT2D eigenvalue weighted by Gasteiger charge is -2.25. The molecule has 210 valence electrons. The van der Waals surface area contributed by atoms with Crippen LogP contribution in [0.5, 0.6) is 11.5 Å². The zero-order valence-electron chi connectivity index (χ0n) is 22.6. The molecule has 0 unspecified atom stereocenters. The van der Waals surface area contributed by atoms with E-state index in [0.717, 1.165) is 0 Å². The van der Waals surface area contributed by atoms with Crippen LogP contribution in [0.1, 0.15) is 51.8 Å². The molecule has 0 fully saturated rings. The van der Waals surface area contributed by atoms with Gasteiger partial charge in [-0.3, -0.25) is 14.2 Å². The molecule has 1 aliphatic heterocycles. The van der Waals surface area contributed by atoms with Gasteiger partial charge in [-0.25, -0.2) is 9.79 Å². The standard InChI is InChI=1S/C29H28Cl2N2O6S/c1-6-37-23-11-19(8-10-22(23)39-17(5)34)26-25(28(36)38-14-15(2)3)16(4)32-29-33(26)27(35)24(40-29)12-18-7-9-20(30)13-21(18)31/h7-13,15,26H,6,14H2,1-5H3/b24-12-/t26-/m0/s1. The topological polar surface area (TPSA) is 96.2 Å². The number of esters is 2. The number of carbonyl (C=O) groups excluding carboxylic acids is 2. The van der Waals surface area contributed by atoms with Crippen molar-refractivity contribution in [2.45, 2.75) is 40.7 Å². The molecule has 0 radical (unpaired) electrons. The van der Waals surface area contributed by atoms with Gasteiger partial charge in [0.25, 0.3) is 5.56 Å². The lowest BCUT2D eigenvalue weighted by atomic mass is 9.95. The number of hydrogen-bond donors (Lipinski definition) is 0. The van der Waals surface area contributed by atoms with Crippen molar-refractivity contribution in [1.82, 2.24) is 4.57 Å². The van der Waals surface area contributed by atoms with Gasteiger partial charge in [-0.15, -0.1) is 0 Å². The van der Waals surface area contributed by atoms with Crippen LogP contribution in [0, 0.1) is 5.92 Å². The molecule has 4 rings (SSSR count). The average Bonchev–Trinajstić information content (AvgIpc) is 3.18. The van der Waals surface area contributed by atoms with E-state index in [1.54, 1.807) is 56.3 Å². The van der Waals surface area contributed by atoms with Gasteiger partial charge in [0.2, 0.25) is 0 Å². The molecule has 0 amide bonds. The van der Waals surface area contributed by atoms with E-state index >= 15 is 0 Å². The summed E-state index contributed by atoms with van der Waals surface area (Å²) >= 11 is 13.6. The molecule has 0 spiro atoms. The second-order valence-corrected chi connectivity index (χ2v) is 11.3. The summed E-state index contributed by atoms with van der Waals surface area (Å²) in [5, 5.41) is 0.873. The summed E-state index contributed by atoms with van der Waals surface area (Å²) < 4.78 is 18.5. The Labute approximate surface area is 245 Å². The molecule has 3 aromatic rings. The van der Waals surface area contributed by atoms with Crippen LogP contribution in [0.15, 0.2) is 57.5 Å². The normalized spacial score (nSPS) is 15.1. The minimum absolute atomic E-state index is 0.112. The maximum Gasteiger partial charge on any atom is 0.338 e. The molecule has 2 heterocycles. The number of halogens is 2. The van der Waals surface area contributed by atoms with Gasteiger partial charge in [0, 0.05) is 17.0 Å². The molecule has 11 heteroatoms. The van der Waals surface area contributed by atoms with E-state index < -0.39 is 18.0 Å². The molecule has 0 saturated heterocycles. The summed E-state index contributed by atoms with van der Waals surface area (Å²) in [6.45, 7) is 9.19. The summed E-state index contributed by atoms with van der Waals surface area (Å²) in [6, 6.07) is 9.07. The van der Waals surface area contributed by atoms with E-state index in [4.69, 9.17) is 37.4 Å². The number of ether oxygens (including phenoxy) is 3. The lowest BCUT2D eigenvalue weighted by molar-refractivity contribution is -0.140. The summed E-state index contributed by atoms with van der Waals surface area (Å²) in [5.74, 6) is -0.434. The molecule has 2 aromatic carbocycles. The largest absolute Gasteiger partial charge is 0.490 e. The minimum atomic E-state index is -0.871. The monoisotopic (exact) mass is 602 g/mol. The first-order valence-corrected chi connectivity index (χ1v) is 14.2. The molecular formula is C29H28Cl2N2O6S. The number of benzene rings is 2. The molecular weight excluding hydrogens is 575 g/mol. The Kier molecular flexibility index (Phi) is 9.18. The number of nitrogens with zero attached hydrogens (tertiary/aromatic N) is 2. The molecule has 0 N–H and O–H groups in total. The van der Waals surface area contributed by atoms with Crippen LogP contribution < -0.4 is 24.4 Å². The van der Waals surface area contributed by atoms with Crippen molar-refractivity contribution in [1.29, 1.82) is 0 Å². The predicted octanol–water partition coefficient (Wildman–Crippen LogP) is 5.07. The highest BCUT2D eigenvalue weighted by Gasteiger charge is 2.34. The Morgan fingerprint density at radius 2 is 1.90 bits per heavy atom. The molecule has 40 heavy (non-hydrogen) atoms. The maximum atomic E-state index is 13.9. The Morgan fingerprint density at radius 1 is 1.15 bits per heavy atom. The number of hydrogen-bond acceptors (Lipinski definition) is 8.